The van der Waals surface area contributed by atoms with Crippen molar-refractivity contribution in [3.8, 4) is 11.4 Å². The molecule has 0 aliphatic carbocycles. The fourth-order valence-corrected chi connectivity index (χ4v) is 5.25. The Bertz CT molecular complexity index is 1060. The Morgan fingerprint density at radius 3 is 2.66 bits per heavy atom. The molecule has 0 saturated carbocycles. The molecule has 2 aliphatic heterocycles. The lowest BCUT2D eigenvalue weighted by Gasteiger charge is -2.42. The van der Waals surface area contributed by atoms with E-state index >= 15 is 0 Å². The average molecular weight is 431 g/mol. The molecule has 5 rings (SSSR count). The van der Waals surface area contributed by atoms with Crippen LogP contribution in [0.1, 0.15) is 26.7 Å². The van der Waals surface area contributed by atoms with Gasteiger partial charge in [-0.3, -0.25) is 4.40 Å². The van der Waals surface area contributed by atoms with Gasteiger partial charge in [-0.1, -0.05) is 36.2 Å². The summed E-state index contributed by atoms with van der Waals surface area (Å²) in [7, 11) is 0. The quantitative estimate of drug-likeness (QED) is 0.549. The number of ether oxygens (including phenoxy) is 1. The number of hydrogen-bond acceptors (Lipinski definition) is 4. The van der Waals surface area contributed by atoms with Crippen molar-refractivity contribution in [2.24, 2.45) is 11.3 Å². The Morgan fingerprint density at radius 2 is 1.93 bits per heavy atom. The van der Waals surface area contributed by atoms with Crippen molar-refractivity contribution < 1.29 is 4.74 Å². The Labute approximate surface area is 180 Å². The van der Waals surface area contributed by atoms with E-state index in [2.05, 4.69) is 23.7 Å². The highest BCUT2D eigenvalue weighted by molar-refractivity contribution is 6.43. The van der Waals surface area contributed by atoms with Crippen LogP contribution >= 0.6 is 23.2 Å². The van der Waals surface area contributed by atoms with E-state index in [0.29, 0.717) is 27.5 Å². The van der Waals surface area contributed by atoms with E-state index in [0.717, 1.165) is 55.3 Å². The van der Waals surface area contributed by atoms with Crippen molar-refractivity contribution in [3.63, 3.8) is 0 Å². The zero-order valence-corrected chi connectivity index (χ0v) is 18.1. The van der Waals surface area contributed by atoms with Gasteiger partial charge < -0.3 is 9.64 Å². The summed E-state index contributed by atoms with van der Waals surface area (Å²) in [6.07, 6.45) is 8.24. The normalized spacial score (nSPS) is 23.9. The second-order valence-corrected chi connectivity index (χ2v) is 9.13. The molecule has 1 aromatic carbocycles. The third-order valence-corrected chi connectivity index (χ3v) is 7.81. The first-order valence-corrected chi connectivity index (χ1v) is 10.9. The molecule has 3 aromatic rings. The van der Waals surface area contributed by atoms with E-state index in [-0.39, 0.29) is 0 Å². The fraction of sp³-hybridized carbons (Fsp3) is 0.455. The van der Waals surface area contributed by atoms with Gasteiger partial charge in [0.2, 0.25) is 0 Å². The van der Waals surface area contributed by atoms with Crippen molar-refractivity contribution in [1.82, 2.24) is 14.4 Å². The predicted octanol–water partition coefficient (Wildman–Crippen LogP) is 5.34. The van der Waals surface area contributed by atoms with Crippen molar-refractivity contribution in [2.45, 2.75) is 32.8 Å². The topological polar surface area (TPSA) is 42.7 Å². The highest BCUT2D eigenvalue weighted by atomic mass is 35.5. The van der Waals surface area contributed by atoms with Crippen LogP contribution in [-0.4, -0.2) is 40.2 Å². The lowest BCUT2D eigenvalue weighted by atomic mass is 9.70. The zero-order valence-electron chi connectivity index (χ0n) is 16.6. The van der Waals surface area contributed by atoms with Gasteiger partial charge in [-0.15, -0.1) is 0 Å². The van der Waals surface area contributed by atoms with E-state index in [1.807, 2.05) is 35.1 Å². The molecule has 2 aliphatic rings. The molecule has 0 unspecified atom stereocenters. The van der Waals surface area contributed by atoms with E-state index < -0.39 is 0 Å². The first-order valence-electron chi connectivity index (χ1n) is 10.1. The number of benzene rings is 1. The van der Waals surface area contributed by atoms with Gasteiger partial charge in [-0.2, -0.15) is 0 Å². The molecule has 152 valence electrons. The molecule has 4 heterocycles. The molecule has 7 heteroatoms. The summed E-state index contributed by atoms with van der Waals surface area (Å²) in [5.41, 5.74) is 2.11. The molecule has 2 saturated heterocycles. The highest BCUT2D eigenvalue weighted by Gasteiger charge is 2.47. The number of imidazole rings is 1. The van der Waals surface area contributed by atoms with Crippen LogP contribution in [0.5, 0.6) is 0 Å². The molecule has 2 atom stereocenters. The molecule has 2 fully saturated rings. The number of hydrogen-bond donors (Lipinski definition) is 0. The minimum atomic E-state index is 0.306. The minimum Gasteiger partial charge on any atom is -0.378 e. The standard InChI is InChI=1S/C22H24Cl2N4O/c1-14-15(2)29-13-22(14)6-9-27(10-7-22)21-18-12-26-20(28(18)11-8-25-21)16-4-3-5-17(23)19(16)24/h3-5,8,11-12,14-15H,6-7,9-10,13H2,1-2H3/t14-,15+/m1/s1. The summed E-state index contributed by atoms with van der Waals surface area (Å²) in [4.78, 5) is 11.7. The molecule has 2 aromatic heterocycles. The molecule has 0 amide bonds. The molecular weight excluding hydrogens is 407 g/mol. The summed E-state index contributed by atoms with van der Waals surface area (Å²) in [6, 6.07) is 5.62. The van der Waals surface area contributed by atoms with Crippen LogP contribution in [0.3, 0.4) is 0 Å². The second kappa shape index (κ2) is 7.15. The number of rotatable bonds is 2. The van der Waals surface area contributed by atoms with Crippen LogP contribution in [0, 0.1) is 11.3 Å². The number of piperidine rings is 1. The number of aromatic nitrogens is 3. The van der Waals surface area contributed by atoms with Gasteiger partial charge in [-0.05, 0) is 37.8 Å². The first-order chi connectivity index (χ1) is 14.0. The average Bonchev–Trinajstić information content (AvgIpc) is 3.28. The molecule has 5 nitrogen and oxygen atoms in total. The van der Waals surface area contributed by atoms with Crippen LogP contribution in [-0.2, 0) is 4.74 Å². The Hall–Kier alpha value is -1.82. The maximum atomic E-state index is 6.45. The maximum absolute atomic E-state index is 6.45. The molecule has 0 N–H and O–H groups in total. The third kappa shape index (κ3) is 3.02. The number of halogens is 2. The van der Waals surface area contributed by atoms with Crippen molar-refractivity contribution >= 4 is 34.5 Å². The summed E-state index contributed by atoms with van der Waals surface area (Å²) < 4.78 is 8.02. The Balaban J connectivity index is 1.47. The van der Waals surface area contributed by atoms with E-state index in [4.69, 9.17) is 32.9 Å². The molecule has 29 heavy (non-hydrogen) atoms. The highest BCUT2D eigenvalue weighted by Crippen LogP contribution is 2.47. The van der Waals surface area contributed by atoms with Crippen LogP contribution < -0.4 is 4.90 Å². The number of nitrogens with zero attached hydrogens (tertiary/aromatic N) is 4. The lowest BCUT2D eigenvalue weighted by Crippen LogP contribution is -2.44. The van der Waals surface area contributed by atoms with E-state index in [9.17, 15) is 0 Å². The SMILES string of the molecule is C[C@@H]1OCC2(CCN(c3nccn4c(-c5cccc(Cl)c5Cl)ncc34)CC2)[C@@H]1C. The Kier molecular flexibility index (Phi) is 4.72. The van der Waals surface area contributed by atoms with Gasteiger partial charge in [0.05, 0.1) is 29.0 Å². The molecular formula is C22H24Cl2N4O. The van der Waals surface area contributed by atoms with Crippen LogP contribution in [0.15, 0.2) is 36.8 Å². The third-order valence-electron chi connectivity index (χ3n) is 6.99. The van der Waals surface area contributed by atoms with Gasteiger partial charge in [0.1, 0.15) is 11.3 Å². The summed E-state index contributed by atoms with van der Waals surface area (Å²) in [5.74, 6) is 2.34. The zero-order chi connectivity index (χ0) is 20.2. The van der Waals surface area contributed by atoms with Crippen LogP contribution in [0.2, 0.25) is 10.0 Å². The monoisotopic (exact) mass is 430 g/mol. The molecule has 1 spiro atoms. The van der Waals surface area contributed by atoms with Gasteiger partial charge in [0.15, 0.2) is 5.82 Å². The maximum Gasteiger partial charge on any atom is 0.154 e. The number of anilines is 1. The van der Waals surface area contributed by atoms with E-state index in [1.165, 1.54) is 0 Å². The molecule has 0 radical (unpaired) electrons. The fourth-order valence-electron chi connectivity index (χ4n) is 4.87. The first kappa shape index (κ1) is 19.2. The predicted molar refractivity (Wildman–Crippen MR) is 117 cm³/mol. The van der Waals surface area contributed by atoms with E-state index in [1.54, 1.807) is 6.07 Å². The van der Waals surface area contributed by atoms with Gasteiger partial charge in [-0.25, -0.2) is 9.97 Å². The summed E-state index contributed by atoms with van der Waals surface area (Å²) >= 11 is 12.7. The van der Waals surface area contributed by atoms with Gasteiger partial charge >= 0.3 is 0 Å². The van der Waals surface area contributed by atoms with Crippen molar-refractivity contribution in [2.75, 3.05) is 24.6 Å². The Morgan fingerprint density at radius 1 is 1.14 bits per heavy atom. The lowest BCUT2D eigenvalue weighted by molar-refractivity contribution is 0.0969. The largest absolute Gasteiger partial charge is 0.378 e. The van der Waals surface area contributed by atoms with Crippen molar-refractivity contribution in [3.05, 3.63) is 46.8 Å². The smallest absolute Gasteiger partial charge is 0.154 e. The summed E-state index contributed by atoms with van der Waals surface area (Å²) in [6.45, 7) is 7.37. The second-order valence-electron chi connectivity index (χ2n) is 8.34. The molecule has 0 bridgehead atoms. The summed E-state index contributed by atoms with van der Waals surface area (Å²) in [5, 5.41) is 1.04. The van der Waals surface area contributed by atoms with Crippen LogP contribution in [0.4, 0.5) is 5.82 Å². The van der Waals surface area contributed by atoms with Gasteiger partial charge in [0, 0.05) is 36.5 Å². The number of fused-ring (bicyclic) bond motifs is 1. The van der Waals surface area contributed by atoms with Gasteiger partial charge in [0.25, 0.3) is 0 Å². The van der Waals surface area contributed by atoms with Crippen LogP contribution in [0.25, 0.3) is 16.9 Å². The minimum absolute atomic E-state index is 0.306. The van der Waals surface area contributed by atoms with Crippen molar-refractivity contribution in [1.29, 1.82) is 0 Å².